The molecule has 0 aliphatic carbocycles. The number of benzene rings is 2. The predicted molar refractivity (Wildman–Crippen MR) is 79.2 cm³/mol. The molecular formula is C13H11ClN2O4S. The van der Waals surface area contributed by atoms with Gasteiger partial charge < -0.3 is 15.2 Å². The molecule has 1 heterocycles. The molecule has 1 aliphatic heterocycles. The van der Waals surface area contributed by atoms with Crippen molar-refractivity contribution in [2.24, 2.45) is 0 Å². The summed E-state index contributed by atoms with van der Waals surface area (Å²) in [5, 5.41) is 0.287. The van der Waals surface area contributed by atoms with Crippen LogP contribution < -0.4 is 19.9 Å². The Bertz CT molecular complexity index is 808. The molecular weight excluding hydrogens is 316 g/mol. The highest BCUT2D eigenvalue weighted by atomic mass is 35.5. The van der Waals surface area contributed by atoms with Crippen LogP contribution in [0.3, 0.4) is 0 Å². The molecule has 110 valence electrons. The van der Waals surface area contributed by atoms with E-state index in [1.807, 2.05) is 0 Å². The predicted octanol–water partition coefficient (Wildman–Crippen LogP) is 2.45. The van der Waals surface area contributed by atoms with E-state index in [1.54, 1.807) is 18.2 Å². The van der Waals surface area contributed by atoms with Crippen LogP contribution in [0.5, 0.6) is 11.5 Å². The molecule has 0 aromatic heterocycles. The zero-order valence-electron chi connectivity index (χ0n) is 10.7. The van der Waals surface area contributed by atoms with Crippen LogP contribution >= 0.6 is 11.6 Å². The first-order valence-corrected chi connectivity index (χ1v) is 7.79. The first-order chi connectivity index (χ1) is 9.95. The number of nitrogens with one attached hydrogen (secondary N) is 1. The lowest BCUT2D eigenvalue weighted by Crippen LogP contribution is -2.14. The van der Waals surface area contributed by atoms with Crippen molar-refractivity contribution in [1.29, 1.82) is 0 Å². The standard InChI is InChI=1S/C13H11ClN2O4S/c14-8-1-3-10(15)13(5-8)21(17,18)16-9-2-4-11-12(6-9)20-7-19-11/h1-6,16H,7,15H2. The number of nitrogen functional groups attached to an aromatic ring is 1. The van der Waals surface area contributed by atoms with E-state index in [2.05, 4.69) is 4.72 Å². The zero-order chi connectivity index (χ0) is 15.0. The van der Waals surface area contributed by atoms with Crippen LogP contribution in [0.15, 0.2) is 41.3 Å². The minimum absolute atomic E-state index is 0.0762. The van der Waals surface area contributed by atoms with Gasteiger partial charge >= 0.3 is 0 Å². The van der Waals surface area contributed by atoms with Gasteiger partial charge in [-0.3, -0.25) is 4.72 Å². The Hall–Kier alpha value is -2.12. The number of hydrogen-bond donors (Lipinski definition) is 2. The summed E-state index contributed by atoms with van der Waals surface area (Å²) in [4.78, 5) is -0.0762. The molecule has 1 aliphatic rings. The average Bonchev–Trinajstić information content (AvgIpc) is 2.88. The molecule has 0 saturated carbocycles. The maximum atomic E-state index is 12.4. The fraction of sp³-hybridized carbons (Fsp3) is 0.0769. The van der Waals surface area contributed by atoms with Gasteiger partial charge in [-0.2, -0.15) is 0 Å². The van der Waals surface area contributed by atoms with Gasteiger partial charge in [0.25, 0.3) is 10.0 Å². The Balaban J connectivity index is 1.94. The summed E-state index contributed by atoms with van der Waals surface area (Å²) in [5.41, 5.74) is 6.16. The lowest BCUT2D eigenvalue weighted by Gasteiger charge is -2.11. The fourth-order valence-corrected chi connectivity index (χ4v) is 3.36. The smallest absolute Gasteiger partial charge is 0.263 e. The minimum Gasteiger partial charge on any atom is -0.454 e. The van der Waals surface area contributed by atoms with Crippen molar-refractivity contribution in [2.75, 3.05) is 17.2 Å². The molecule has 21 heavy (non-hydrogen) atoms. The monoisotopic (exact) mass is 326 g/mol. The molecule has 2 aromatic carbocycles. The Kier molecular flexibility index (Phi) is 3.30. The maximum Gasteiger partial charge on any atom is 0.263 e. The fourth-order valence-electron chi connectivity index (χ4n) is 1.91. The van der Waals surface area contributed by atoms with Crippen LogP contribution in [0.4, 0.5) is 11.4 Å². The van der Waals surface area contributed by atoms with Gasteiger partial charge in [0.2, 0.25) is 6.79 Å². The highest BCUT2D eigenvalue weighted by Gasteiger charge is 2.20. The minimum atomic E-state index is -3.84. The Morgan fingerprint density at radius 3 is 2.67 bits per heavy atom. The number of sulfonamides is 1. The van der Waals surface area contributed by atoms with Crippen LogP contribution in [-0.4, -0.2) is 15.2 Å². The van der Waals surface area contributed by atoms with Crippen molar-refractivity contribution in [1.82, 2.24) is 0 Å². The number of anilines is 2. The second-order valence-electron chi connectivity index (χ2n) is 4.36. The molecule has 6 nitrogen and oxygen atoms in total. The molecule has 0 bridgehead atoms. The largest absolute Gasteiger partial charge is 0.454 e. The average molecular weight is 327 g/mol. The molecule has 2 aromatic rings. The summed E-state index contributed by atoms with van der Waals surface area (Å²) in [6, 6.07) is 9.01. The molecule has 0 saturated heterocycles. The summed E-state index contributed by atoms with van der Waals surface area (Å²) in [5.74, 6) is 1.05. The van der Waals surface area contributed by atoms with Crippen molar-refractivity contribution in [2.45, 2.75) is 4.90 Å². The van der Waals surface area contributed by atoms with Gasteiger partial charge in [-0.1, -0.05) is 11.6 Å². The van der Waals surface area contributed by atoms with Gasteiger partial charge in [0, 0.05) is 11.1 Å². The molecule has 8 heteroatoms. The Morgan fingerprint density at radius 2 is 1.86 bits per heavy atom. The summed E-state index contributed by atoms with van der Waals surface area (Å²) < 4.78 is 37.5. The molecule has 3 rings (SSSR count). The first kappa shape index (κ1) is 13.8. The molecule has 0 unspecified atom stereocenters. The quantitative estimate of drug-likeness (QED) is 0.845. The Labute approximate surface area is 126 Å². The third-order valence-corrected chi connectivity index (χ3v) is 4.56. The number of fused-ring (bicyclic) bond motifs is 1. The van der Waals surface area contributed by atoms with Gasteiger partial charge in [0.1, 0.15) is 4.90 Å². The van der Waals surface area contributed by atoms with E-state index in [0.717, 1.165) is 0 Å². The highest BCUT2D eigenvalue weighted by Crippen LogP contribution is 2.35. The van der Waals surface area contributed by atoms with Crippen molar-refractivity contribution in [3.63, 3.8) is 0 Å². The zero-order valence-corrected chi connectivity index (χ0v) is 12.2. The van der Waals surface area contributed by atoms with Crippen LogP contribution in [0.1, 0.15) is 0 Å². The van der Waals surface area contributed by atoms with E-state index in [9.17, 15) is 8.42 Å². The summed E-state index contributed by atoms with van der Waals surface area (Å²) in [6.07, 6.45) is 0. The molecule has 0 spiro atoms. The lowest BCUT2D eigenvalue weighted by atomic mass is 10.3. The molecule has 0 amide bonds. The van der Waals surface area contributed by atoms with Crippen LogP contribution in [0, 0.1) is 0 Å². The summed E-state index contributed by atoms with van der Waals surface area (Å²) >= 11 is 5.82. The van der Waals surface area contributed by atoms with Gasteiger partial charge in [0.15, 0.2) is 11.5 Å². The number of ether oxygens (including phenoxy) is 2. The number of rotatable bonds is 3. The third kappa shape index (κ3) is 2.70. The van der Waals surface area contributed by atoms with E-state index in [4.69, 9.17) is 26.8 Å². The van der Waals surface area contributed by atoms with Crippen LogP contribution in [0.2, 0.25) is 5.02 Å². The van der Waals surface area contributed by atoms with E-state index >= 15 is 0 Å². The molecule has 3 N–H and O–H groups in total. The van der Waals surface area contributed by atoms with Crippen LogP contribution in [-0.2, 0) is 10.0 Å². The van der Waals surface area contributed by atoms with Gasteiger partial charge in [-0.15, -0.1) is 0 Å². The highest BCUT2D eigenvalue weighted by molar-refractivity contribution is 7.92. The van der Waals surface area contributed by atoms with E-state index in [1.165, 1.54) is 18.2 Å². The van der Waals surface area contributed by atoms with Gasteiger partial charge in [-0.25, -0.2) is 8.42 Å². The van der Waals surface area contributed by atoms with Crippen molar-refractivity contribution < 1.29 is 17.9 Å². The van der Waals surface area contributed by atoms with Crippen molar-refractivity contribution in [3.8, 4) is 11.5 Å². The summed E-state index contributed by atoms with van der Waals surface area (Å²) in [7, 11) is -3.84. The van der Waals surface area contributed by atoms with Gasteiger partial charge in [0.05, 0.1) is 11.4 Å². The van der Waals surface area contributed by atoms with Crippen molar-refractivity contribution in [3.05, 3.63) is 41.4 Å². The Morgan fingerprint density at radius 1 is 1.10 bits per heavy atom. The van der Waals surface area contributed by atoms with Gasteiger partial charge in [-0.05, 0) is 30.3 Å². The van der Waals surface area contributed by atoms with E-state index in [-0.39, 0.29) is 22.4 Å². The number of hydrogen-bond acceptors (Lipinski definition) is 5. The third-order valence-electron chi connectivity index (χ3n) is 2.89. The van der Waals surface area contributed by atoms with E-state index in [0.29, 0.717) is 17.2 Å². The number of nitrogens with two attached hydrogens (primary N) is 1. The number of halogens is 1. The topological polar surface area (TPSA) is 90.7 Å². The van der Waals surface area contributed by atoms with E-state index < -0.39 is 10.0 Å². The first-order valence-electron chi connectivity index (χ1n) is 5.93. The second-order valence-corrected chi connectivity index (χ2v) is 6.44. The second kappa shape index (κ2) is 5.01. The van der Waals surface area contributed by atoms with Crippen molar-refractivity contribution >= 4 is 33.0 Å². The SMILES string of the molecule is Nc1ccc(Cl)cc1S(=O)(=O)Nc1ccc2c(c1)OCO2. The molecule has 0 atom stereocenters. The maximum absolute atomic E-state index is 12.4. The molecule has 0 fully saturated rings. The van der Waals surface area contributed by atoms with Crippen LogP contribution in [0.25, 0.3) is 0 Å². The summed E-state index contributed by atoms with van der Waals surface area (Å²) in [6.45, 7) is 0.118. The normalized spacial score (nSPS) is 13.2. The molecule has 0 radical (unpaired) electrons. The lowest BCUT2D eigenvalue weighted by molar-refractivity contribution is 0.174.